The standard InChI is InChI=1S/C13H5BrF3N3OS/c14-6-1-5(3-18-4-6)12(21)20-13-19-11-8(22-13)2-7(15)9(16)10(11)17/h1-4H,(H,19,20,21). The van der Waals surface area contributed by atoms with Crippen LogP contribution in [0.3, 0.4) is 0 Å². The summed E-state index contributed by atoms with van der Waals surface area (Å²) >= 11 is 4.02. The molecule has 0 aliphatic heterocycles. The van der Waals surface area contributed by atoms with Crippen molar-refractivity contribution in [3.05, 3.63) is 52.0 Å². The molecule has 0 unspecified atom stereocenters. The van der Waals surface area contributed by atoms with E-state index in [4.69, 9.17) is 0 Å². The van der Waals surface area contributed by atoms with Gasteiger partial charge in [-0.1, -0.05) is 11.3 Å². The zero-order chi connectivity index (χ0) is 15.9. The molecule has 4 nitrogen and oxygen atoms in total. The Labute approximate surface area is 134 Å². The van der Waals surface area contributed by atoms with Crippen LogP contribution in [-0.4, -0.2) is 15.9 Å². The summed E-state index contributed by atoms with van der Waals surface area (Å²) < 4.78 is 40.6. The van der Waals surface area contributed by atoms with E-state index in [0.717, 1.165) is 17.4 Å². The van der Waals surface area contributed by atoms with Crippen molar-refractivity contribution in [3.63, 3.8) is 0 Å². The quantitative estimate of drug-likeness (QED) is 0.672. The van der Waals surface area contributed by atoms with Crippen molar-refractivity contribution < 1.29 is 18.0 Å². The topological polar surface area (TPSA) is 54.9 Å². The molecule has 1 aromatic carbocycles. The van der Waals surface area contributed by atoms with Crippen LogP contribution in [0.5, 0.6) is 0 Å². The zero-order valence-corrected chi connectivity index (χ0v) is 12.9. The molecule has 112 valence electrons. The minimum Gasteiger partial charge on any atom is -0.298 e. The van der Waals surface area contributed by atoms with Gasteiger partial charge in [0.2, 0.25) is 0 Å². The molecule has 9 heteroatoms. The number of pyridine rings is 1. The molecule has 0 radical (unpaired) electrons. The third-order valence-electron chi connectivity index (χ3n) is 2.71. The van der Waals surface area contributed by atoms with Gasteiger partial charge in [-0.3, -0.25) is 15.1 Å². The highest BCUT2D eigenvalue weighted by molar-refractivity contribution is 9.10. The summed E-state index contributed by atoms with van der Waals surface area (Å²) in [5, 5.41) is 2.47. The Bertz CT molecular complexity index is 900. The summed E-state index contributed by atoms with van der Waals surface area (Å²) in [6.45, 7) is 0. The van der Waals surface area contributed by atoms with E-state index in [1.165, 1.54) is 18.5 Å². The highest BCUT2D eigenvalue weighted by Crippen LogP contribution is 2.30. The lowest BCUT2D eigenvalue weighted by Gasteiger charge is -2.01. The van der Waals surface area contributed by atoms with E-state index in [-0.39, 0.29) is 20.9 Å². The molecule has 2 heterocycles. The smallest absolute Gasteiger partial charge is 0.259 e. The maximum absolute atomic E-state index is 13.6. The lowest BCUT2D eigenvalue weighted by molar-refractivity contribution is 0.102. The Morgan fingerprint density at radius 2 is 1.95 bits per heavy atom. The van der Waals surface area contributed by atoms with E-state index in [1.807, 2.05) is 0 Å². The van der Waals surface area contributed by atoms with Crippen LogP contribution >= 0.6 is 27.3 Å². The largest absolute Gasteiger partial charge is 0.298 e. The van der Waals surface area contributed by atoms with Crippen molar-refractivity contribution in [1.82, 2.24) is 9.97 Å². The third kappa shape index (κ3) is 2.69. The second-order valence-electron chi connectivity index (χ2n) is 4.20. The number of fused-ring (bicyclic) bond motifs is 1. The van der Waals surface area contributed by atoms with Gasteiger partial charge < -0.3 is 0 Å². The molecule has 22 heavy (non-hydrogen) atoms. The van der Waals surface area contributed by atoms with E-state index >= 15 is 0 Å². The van der Waals surface area contributed by atoms with Crippen LogP contribution < -0.4 is 5.32 Å². The molecule has 1 N–H and O–H groups in total. The summed E-state index contributed by atoms with van der Waals surface area (Å²) in [5.41, 5.74) is -0.0713. The number of nitrogens with zero attached hydrogens (tertiary/aromatic N) is 2. The molecule has 3 aromatic rings. The number of carbonyl (C=O) groups excluding carboxylic acids is 1. The van der Waals surface area contributed by atoms with Crippen LogP contribution in [0.4, 0.5) is 18.3 Å². The highest BCUT2D eigenvalue weighted by atomic mass is 79.9. The van der Waals surface area contributed by atoms with Crippen LogP contribution in [-0.2, 0) is 0 Å². The Morgan fingerprint density at radius 1 is 1.18 bits per heavy atom. The monoisotopic (exact) mass is 387 g/mol. The lowest BCUT2D eigenvalue weighted by atomic mass is 10.3. The van der Waals surface area contributed by atoms with Gasteiger partial charge in [-0.15, -0.1) is 0 Å². The Balaban J connectivity index is 1.95. The summed E-state index contributed by atoms with van der Waals surface area (Å²) in [5.74, 6) is -4.79. The molecule has 1 amide bonds. The summed E-state index contributed by atoms with van der Waals surface area (Å²) in [6.07, 6.45) is 2.85. The first kappa shape index (κ1) is 14.9. The normalized spacial score (nSPS) is 10.9. The third-order valence-corrected chi connectivity index (χ3v) is 4.06. The maximum Gasteiger partial charge on any atom is 0.259 e. The predicted octanol–water partition coefficient (Wildman–Crippen LogP) is 4.12. The molecular formula is C13H5BrF3N3OS. The van der Waals surface area contributed by atoms with E-state index in [1.54, 1.807) is 0 Å². The molecule has 2 aromatic heterocycles. The van der Waals surface area contributed by atoms with Gasteiger partial charge in [0, 0.05) is 16.9 Å². The van der Waals surface area contributed by atoms with E-state index in [0.29, 0.717) is 4.47 Å². The van der Waals surface area contributed by atoms with Gasteiger partial charge >= 0.3 is 0 Å². The number of anilines is 1. The number of carbonyl (C=O) groups is 1. The van der Waals surface area contributed by atoms with Crippen molar-refractivity contribution in [2.45, 2.75) is 0 Å². The van der Waals surface area contributed by atoms with Gasteiger partial charge in [-0.05, 0) is 28.1 Å². The highest BCUT2D eigenvalue weighted by Gasteiger charge is 2.18. The summed E-state index contributed by atoms with van der Waals surface area (Å²) in [4.78, 5) is 19.6. The first-order valence-corrected chi connectivity index (χ1v) is 7.42. The van der Waals surface area contributed by atoms with Gasteiger partial charge in [0.1, 0.15) is 5.52 Å². The van der Waals surface area contributed by atoms with Crippen molar-refractivity contribution >= 4 is 48.5 Å². The zero-order valence-electron chi connectivity index (χ0n) is 10.5. The second kappa shape index (κ2) is 5.65. The number of aromatic nitrogens is 2. The van der Waals surface area contributed by atoms with Crippen molar-refractivity contribution in [1.29, 1.82) is 0 Å². The molecular weight excluding hydrogens is 383 g/mol. The molecule has 0 saturated carbocycles. The molecule has 0 bridgehead atoms. The van der Waals surface area contributed by atoms with Gasteiger partial charge in [0.25, 0.3) is 5.91 Å². The number of thiazole rings is 1. The van der Waals surface area contributed by atoms with Crippen LogP contribution in [0, 0.1) is 17.5 Å². The number of rotatable bonds is 2. The van der Waals surface area contributed by atoms with Gasteiger partial charge in [-0.2, -0.15) is 0 Å². The van der Waals surface area contributed by atoms with Crippen LogP contribution in [0.25, 0.3) is 10.2 Å². The number of amides is 1. The van der Waals surface area contributed by atoms with Crippen LogP contribution in [0.1, 0.15) is 10.4 Å². The Morgan fingerprint density at radius 3 is 2.68 bits per heavy atom. The van der Waals surface area contributed by atoms with Crippen molar-refractivity contribution in [2.75, 3.05) is 5.32 Å². The fourth-order valence-corrected chi connectivity index (χ4v) is 2.98. The average molecular weight is 388 g/mol. The fraction of sp³-hybridized carbons (Fsp3) is 0. The van der Waals surface area contributed by atoms with Gasteiger partial charge in [-0.25, -0.2) is 18.2 Å². The maximum atomic E-state index is 13.6. The van der Waals surface area contributed by atoms with E-state index in [9.17, 15) is 18.0 Å². The number of benzene rings is 1. The number of nitrogens with one attached hydrogen (secondary N) is 1. The predicted molar refractivity (Wildman–Crippen MR) is 79.4 cm³/mol. The second-order valence-corrected chi connectivity index (χ2v) is 6.14. The SMILES string of the molecule is O=C(Nc1nc2c(F)c(F)c(F)cc2s1)c1cncc(Br)c1. The lowest BCUT2D eigenvalue weighted by Crippen LogP contribution is -2.11. The number of hydrogen-bond acceptors (Lipinski definition) is 4. The number of halogens is 4. The molecule has 0 saturated heterocycles. The first-order chi connectivity index (χ1) is 10.5. The van der Waals surface area contributed by atoms with Crippen LogP contribution in [0.15, 0.2) is 29.0 Å². The van der Waals surface area contributed by atoms with Crippen LogP contribution in [0.2, 0.25) is 0 Å². The molecule has 0 aliphatic carbocycles. The molecule has 0 aliphatic rings. The van der Waals surface area contributed by atoms with Crippen molar-refractivity contribution in [2.24, 2.45) is 0 Å². The van der Waals surface area contributed by atoms with Gasteiger partial charge in [0.15, 0.2) is 22.6 Å². The Kier molecular flexibility index (Phi) is 3.83. The number of hydrogen-bond donors (Lipinski definition) is 1. The van der Waals surface area contributed by atoms with E-state index in [2.05, 4.69) is 31.2 Å². The minimum absolute atomic E-state index is 0.0314. The molecule has 0 fully saturated rings. The summed E-state index contributed by atoms with van der Waals surface area (Å²) in [7, 11) is 0. The average Bonchev–Trinajstić information content (AvgIpc) is 2.87. The first-order valence-electron chi connectivity index (χ1n) is 5.81. The van der Waals surface area contributed by atoms with Crippen molar-refractivity contribution in [3.8, 4) is 0 Å². The van der Waals surface area contributed by atoms with Gasteiger partial charge in [0.05, 0.1) is 10.3 Å². The van der Waals surface area contributed by atoms with E-state index < -0.39 is 23.4 Å². The molecule has 0 spiro atoms. The molecule has 0 atom stereocenters. The summed E-state index contributed by atoms with van der Waals surface area (Å²) in [6, 6.07) is 2.37. The minimum atomic E-state index is -1.59. The Hall–Kier alpha value is -2.00. The fourth-order valence-electron chi connectivity index (χ4n) is 1.73. The molecule has 3 rings (SSSR count).